The van der Waals surface area contributed by atoms with Crippen molar-refractivity contribution in [3.05, 3.63) is 95.6 Å². The summed E-state index contributed by atoms with van der Waals surface area (Å²) in [5.74, 6) is -1.39. The third kappa shape index (κ3) is 3.28. The SMILES string of the molecule is O=C1NN(c2cccc(C(F)(F)F)c2)C(=O)/C1=C/c1c2ccccc2cc2ccccc12. The monoisotopic (exact) mass is 432 g/mol. The predicted octanol–water partition coefficient (Wildman–Crippen LogP) is 5.47. The number of nitrogens with one attached hydrogen (secondary N) is 1. The van der Waals surface area contributed by atoms with Crippen LogP contribution in [0.3, 0.4) is 0 Å². The van der Waals surface area contributed by atoms with E-state index < -0.39 is 23.6 Å². The molecule has 0 atom stereocenters. The predicted molar refractivity (Wildman–Crippen MR) is 117 cm³/mol. The van der Waals surface area contributed by atoms with Crippen LogP contribution in [0.4, 0.5) is 18.9 Å². The number of hydrogen-bond donors (Lipinski definition) is 1. The van der Waals surface area contributed by atoms with E-state index in [0.717, 1.165) is 38.7 Å². The molecule has 0 bridgehead atoms. The number of nitrogens with zero attached hydrogens (tertiary/aromatic N) is 1. The number of carbonyl (C=O) groups is 2. The molecule has 4 aromatic carbocycles. The van der Waals surface area contributed by atoms with Gasteiger partial charge in [-0.3, -0.25) is 15.0 Å². The standard InChI is InChI=1S/C25H15F3N2O2/c26-25(27,28)17-8-5-9-18(13-17)30-24(32)22(23(31)29-30)14-21-19-10-3-1-6-15(19)12-16-7-2-4-11-20(16)21/h1-14H,(H,29,31)/b22-14+. The Morgan fingerprint density at radius 3 is 2.03 bits per heavy atom. The lowest BCUT2D eigenvalue weighted by Crippen LogP contribution is -2.35. The van der Waals surface area contributed by atoms with Gasteiger partial charge in [-0.05, 0) is 57.4 Å². The number of amides is 2. The number of alkyl halides is 3. The molecule has 158 valence electrons. The van der Waals surface area contributed by atoms with E-state index in [1.165, 1.54) is 18.2 Å². The molecule has 7 heteroatoms. The molecule has 0 aromatic heterocycles. The number of hydrazine groups is 1. The van der Waals surface area contributed by atoms with Gasteiger partial charge in [-0.25, -0.2) is 5.01 Å². The molecule has 2 amide bonds. The van der Waals surface area contributed by atoms with Crippen molar-refractivity contribution in [3.8, 4) is 0 Å². The first-order chi connectivity index (χ1) is 15.3. The highest BCUT2D eigenvalue weighted by Crippen LogP contribution is 2.34. The van der Waals surface area contributed by atoms with Crippen LogP contribution in [0.2, 0.25) is 0 Å². The van der Waals surface area contributed by atoms with E-state index in [1.807, 2.05) is 54.6 Å². The minimum Gasteiger partial charge on any atom is -0.267 e. The lowest BCUT2D eigenvalue weighted by Gasteiger charge is -2.16. The Kier molecular flexibility index (Phi) is 4.48. The largest absolute Gasteiger partial charge is 0.416 e. The van der Waals surface area contributed by atoms with Gasteiger partial charge in [0, 0.05) is 0 Å². The highest BCUT2D eigenvalue weighted by molar-refractivity contribution is 6.32. The first-order valence-corrected chi connectivity index (χ1v) is 9.78. The van der Waals surface area contributed by atoms with Crippen molar-refractivity contribution in [1.29, 1.82) is 0 Å². The number of anilines is 1. The van der Waals surface area contributed by atoms with Gasteiger partial charge < -0.3 is 0 Å². The molecule has 1 saturated heterocycles. The summed E-state index contributed by atoms with van der Waals surface area (Å²) in [7, 11) is 0. The summed E-state index contributed by atoms with van der Waals surface area (Å²) in [4.78, 5) is 25.7. The second-order valence-corrected chi connectivity index (χ2v) is 7.42. The van der Waals surface area contributed by atoms with E-state index in [0.29, 0.717) is 5.56 Å². The van der Waals surface area contributed by atoms with Crippen LogP contribution in [0, 0.1) is 0 Å². The van der Waals surface area contributed by atoms with E-state index in [1.54, 1.807) is 0 Å². The molecule has 1 N–H and O–H groups in total. The van der Waals surface area contributed by atoms with Crippen LogP contribution in [-0.2, 0) is 15.8 Å². The number of halogens is 3. The zero-order valence-corrected chi connectivity index (χ0v) is 16.5. The van der Waals surface area contributed by atoms with Gasteiger partial charge in [0.1, 0.15) is 5.57 Å². The molecule has 0 saturated carbocycles. The van der Waals surface area contributed by atoms with Gasteiger partial charge in [-0.1, -0.05) is 54.6 Å². The molecule has 1 aliphatic rings. The smallest absolute Gasteiger partial charge is 0.267 e. The Bertz CT molecular complexity index is 1390. The lowest BCUT2D eigenvalue weighted by atomic mass is 9.95. The number of benzene rings is 4. The zero-order valence-electron chi connectivity index (χ0n) is 16.5. The molecule has 4 nitrogen and oxygen atoms in total. The van der Waals surface area contributed by atoms with E-state index in [4.69, 9.17) is 0 Å². The van der Waals surface area contributed by atoms with Crippen LogP contribution >= 0.6 is 0 Å². The normalized spacial score (nSPS) is 15.7. The van der Waals surface area contributed by atoms with Gasteiger partial charge in [0.15, 0.2) is 0 Å². The lowest BCUT2D eigenvalue weighted by molar-refractivity contribution is -0.137. The molecule has 1 fully saturated rings. The Labute approximate surface area is 180 Å². The Morgan fingerprint density at radius 2 is 1.41 bits per heavy atom. The summed E-state index contributed by atoms with van der Waals surface area (Å²) < 4.78 is 39.3. The van der Waals surface area contributed by atoms with E-state index >= 15 is 0 Å². The van der Waals surface area contributed by atoms with E-state index in [-0.39, 0.29) is 11.3 Å². The number of hydrogen-bond acceptors (Lipinski definition) is 2. The molecule has 0 radical (unpaired) electrons. The molecule has 0 aliphatic carbocycles. The van der Waals surface area contributed by atoms with Crippen molar-refractivity contribution >= 4 is 45.1 Å². The van der Waals surface area contributed by atoms with Crippen LogP contribution in [0.15, 0.2) is 84.4 Å². The molecular formula is C25H15F3N2O2. The van der Waals surface area contributed by atoms with Crippen molar-refractivity contribution in [2.75, 3.05) is 5.01 Å². The number of fused-ring (bicyclic) bond motifs is 2. The number of carbonyl (C=O) groups excluding carboxylic acids is 2. The first-order valence-electron chi connectivity index (χ1n) is 9.78. The van der Waals surface area contributed by atoms with Crippen LogP contribution in [0.25, 0.3) is 27.6 Å². The van der Waals surface area contributed by atoms with Crippen molar-refractivity contribution < 1.29 is 22.8 Å². The molecule has 4 aromatic rings. The molecule has 1 aliphatic heterocycles. The fraction of sp³-hybridized carbons (Fsp3) is 0.0400. The topological polar surface area (TPSA) is 49.4 Å². The van der Waals surface area contributed by atoms with Gasteiger partial charge in [0.05, 0.1) is 11.3 Å². The van der Waals surface area contributed by atoms with Crippen LogP contribution in [0.1, 0.15) is 11.1 Å². The average Bonchev–Trinajstić information content (AvgIpc) is 3.06. The fourth-order valence-electron chi connectivity index (χ4n) is 3.91. The van der Waals surface area contributed by atoms with Crippen LogP contribution in [-0.4, -0.2) is 11.8 Å². The van der Waals surface area contributed by atoms with Gasteiger partial charge >= 0.3 is 6.18 Å². The van der Waals surface area contributed by atoms with E-state index in [9.17, 15) is 22.8 Å². The minimum absolute atomic E-state index is 0.0654. The highest BCUT2D eigenvalue weighted by atomic mass is 19.4. The summed E-state index contributed by atoms with van der Waals surface area (Å²) >= 11 is 0. The van der Waals surface area contributed by atoms with Crippen molar-refractivity contribution in [2.45, 2.75) is 6.18 Å². The highest BCUT2D eigenvalue weighted by Gasteiger charge is 2.36. The van der Waals surface area contributed by atoms with Gasteiger partial charge in [-0.15, -0.1) is 0 Å². The molecular weight excluding hydrogens is 417 g/mol. The van der Waals surface area contributed by atoms with Gasteiger partial charge in [0.25, 0.3) is 11.8 Å². The van der Waals surface area contributed by atoms with Crippen molar-refractivity contribution in [2.24, 2.45) is 0 Å². The van der Waals surface area contributed by atoms with Crippen LogP contribution in [0.5, 0.6) is 0 Å². The fourth-order valence-corrected chi connectivity index (χ4v) is 3.91. The third-order valence-corrected chi connectivity index (χ3v) is 5.42. The molecule has 0 spiro atoms. The quantitative estimate of drug-likeness (QED) is 0.259. The average molecular weight is 432 g/mol. The Hall–Kier alpha value is -4.13. The van der Waals surface area contributed by atoms with Gasteiger partial charge in [0.2, 0.25) is 0 Å². The molecule has 5 rings (SSSR count). The third-order valence-electron chi connectivity index (χ3n) is 5.42. The van der Waals surface area contributed by atoms with Crippen molar-refractivity contribution in [1.82, 2.24) is 5.43 Å². The first kappa shape index (κ1) is 19.8. The summed E-state index contributed by atoms with van der Waals surface area (Å²) in [5.41, 5.74) is 1.95. The second kappa shape index (κ2) is 7.23. The maximum atomic E-state index is 13.1. The summed E-state index contributed by atoms with van der Waals surface area (Å²) in [5, 5.41) is 4.45. The minimum atomic E-state index is -4.57. The maximum absolute atomic E-state index is 13.1. The summed E-state index contributed by atoms with van der Waals surface area (Å²) in [6, 6.07) is 21.5. The Morgan fingerprint density at radius 1 is 0.781 bits per heavy atom. The summed E-state index contributed by atoms with van der Waals surface area (Å²) in [6.07, 6.45) is -3.06. The van der Waals surface area contributed by atoms with Crippen LogP contribution < -0.4 is 10.4 Å². The number of rotatable bonds is 2. The second-order valence-electron chi connectivity index (χ2n) is 7.42. The van der Waals surface area contributed by atoms with Gasteiger partial charge in [-0.2, -0.15) is 13.2 Å². The summed E-state index contributed by atoms with van der Waals surface area (Å²) in [6.45, 7) is 0. The Balaban J connectivity index is 1.64. The molecule has 32 heavy (non-hydrogen) atoms. The van der Waals surface area contributed by atoms with Crippen molar-refractivity contribution in [3.63, 3.8) is 0 Å². The van der Waals surface area contributed by atoms with E-state index in [2.05, 4.69) is 5.43 Å². The maximum Gasteiger partial charge on any atom is 0.416 e. The molecule has 1 heterocycles. The zero-order chi connectivity index (χ0) is 22.5. The molecule has 0 unspecified atom stereocenters.